The van der Waals surface area contributed by atoms with E-state index >= 15 is 0 Å². The molecule has 0 amide bonds. The molecule has 0 saturated heterocycles. The molecule has 0 aliphatic heterocycles. The average molecular weight is 768 g/mol. The van der Waals surface area contributed by atoms with Gasteiger partial charge in [0, 0.05) is 16.9 Å². The predicted molar refractivity (Wildman–Crippen MR) is 251 cm³/mol. The van der Waals surface area contributed by atoms with Crippen molar-refractivity contribution in [1.29, 1.82) is 0 Å². The number of hydrogen-bond donors (Lipinski definition) is 0. The Morgan fingerprint density at radius 1 is 0.317 bits per heavy atom. The maximum Gasteiger partial charge on any atom is 0.0714 e. The van der Waals surface area contributed by atoms with E-state index in [0.29, 0.717) is 0 Å². The molecule has 0 aromatic heterocycles. The Bertz CT molecular complexity index is 2900. The van der Waals surface area contributed by atoms with Crippen LogP contribution >= 0.6 is 0 Å². The van der Waals surface area contributed by atoms with Gasteiger partial charge in [-0.05, 0) is 134 Å². The maximum atomic E-state index is 2.55. The number of hydrogen-bond acceptors (Lipinski definition) is 1. The number of nitrogens with zero attached hydrogens (tertiary/aromatic N) is 1. The van der Waals surface area contributed by atoms with Crippen molar-refractivity contribution in [3.63, 3.8) is 0 Å². The Labute approximate surface area is 353 Å². The van der Waals surface area contributed by atoms with E-state index in [2.05, 4.69) is 229 Å². The van der Waals surface area contributed by atoms with E-state index in [1.807, 2.05) is 0 Å². The molecular weight excluding hydrogens is 723 g/mol. The van der Waals surface area contributed by atoms with Gasteiger partial charge in [-0.2, -0.15) is 0 Å². The largest absolute Gasteiger partial charge is 0.310 e. The quantitative estimate of drug-likeness (QED) is 0.149. The highest BCUT2D eigenvalue weighted by molar-refractivity contribution is 6.00. The molecule has 0 N–H and O–H groups in total. The first kappa shape index (κ1) is 35.9. The molecule has 0 bridgehead atoms. The summed E-state index contributed by atoms with van der Waals surface area (Å²) in [6.45, 7) is 0. The molecule has 1 heteroatoms. The molecule has 0 unspecified atom stereocenters. The molecule has 1 nitrogen and oxygen atoms in total. The van der Waals surface area contributed by atoms with Gasteiger partial charge in [0.05, 0.1) is 11.1 Å². The van der Waals surface area contributed by atoms with Crippen molar-refractivity contribution in [3.8, 4) is 44.5 Å². The number of para-hydroxylation sites is 1. The second-order valence-electron chi connectivity index (χ2n) is 16.3. The van der Waals surface area contributed by atoms with Gasteiger partial charge < -0.3 is 4.90 Å². The Kier molecular flexibility index (Phi) is 9.09. The Hall–Kier alpha value is -7.22. The standard InChI is InChI=1S/C59H45N/c1-6-20-42(21-7-1)43-34-36-50(37-35-43)60(49-30-14-5-15-31-49)58-41-57-54(40-55(58)53-39-46-25-17-16-24-45(46)38-52(53)44-22-8-2-9-23-44)51-32-18-19-33-56(51)59(57,47-26-10-3-11-27-47)48-28-12-4-13-29-48/h1-15,18-23,26-41H,16-17,24-25H2. The Morgan fingerprint density at radius 2 is 0.800 bits per heavy atom. The summed E-state index contributed by atoms with van der Waals surface area (Å²) in [6, 6.07) is 83.4. The van der Waals surface area contributed by atoms with E-state index in [0.717, 1.165) is 29.9 Å². The van der Waals surface area contributed by atoms with Crippen molar-refractivity contribution in [2.75, 3.05) is 4.90 Å². The molecule has 0 heterocycles. The monoisotopic (exact) mass is 767 g/mol. The number of aryl methyl sites for hydroxylation is 2. The fourth-order valence-electron chi connectivity index (χ4n) is 10.2. The van der Waals surface area contributed by atoms with E-state index in [4.69, 9.17) is 0 Å². The summed E-state index contributed by atoms with van der Waals surface area (Å²) < 4.78 is 0. The molecule has 286 valence electrons. The molecule has 0 fully saturated rings. The minimum Gasteiger partial charge on any atom is -0.310 e. The highest BCUT2D eigenvalue weighted by Crippen LogP contribution is 2.59. The van der Waals surface area contributed by atoms with Crippen LogP contribution in [0.25, 0.3) is 44.5 Å². The highest BCUT2D eigenvalue weighted by Gasteiger charge is 2.47. The van der Waals surface area contributed by atoms with Crippen molar-refractivity contribution in [2.45, 2.75) is 31.1 Å². The number of fused-ring (bicyclic) bond motifs is 4. The first-order valence-electron chi connectivity index (χ1n) is 21.4. The van der Waals surface area contributed by atoms with Crippen LogP contribution in [0, 0.1) is 0 Å². The second kappa shape index (κ2) is 15.2. The zero-order valence-corrected chi connectivity index (χ0v) is 33.6. The lowest BCUT2D eigenvalue weighted by molar-refractivity contribution is 0.686. The SMILES string of the molecule is c1ccc(-c2ccc(N(c3ccccc3)c3cc4c(cc3-c3cc5c(cc3-c3ccccc3)CCCC5)-c3ccccc3C4(c3ccccc3)c3ccccc3)cc2)cc1. The van der Waals surface area contributed by atoms with Crippen molar-refractivity contribution < 1.29 is 0 Å². The lowest BCUT2D eigenvalue weighted by Crippen LogP contribution is -2.28. The van der Waals surface area contributed by atoms with Crippen LogP contribution < -0.4 is 4.90 Å². The zero-order valence-electron chi connectivity index (χ0n) is 33.6. The fraction of sp³-hybridized carbons (Fsp3) is 0.0847. The van der Waals surface area contributed by atoms with E-state index < -0.39 is 5.41 Å². The number of rotatable bonds is 8. The molecule has 9 aromatic carbocycles. The lowest BCUT2D eigenvalue weighted by atomic mass is 9.67. The van der Waals surface area contributed by atoms with Crippen LogP contribution in [0.15, 0.2) is 224 Å². The molecule has 11 rings (SSSR count). The van der Waals surface area contributed by atoms with Crippen LogP contribution in [-0.2, 0) is 18.3 Å². The van der Waals surface area contributed by atoms with Gasteiger partial charge in [0.25, 0.3) is 0 Å². The topological polar surface area (TPSA) is 3.24 Å². The molecule has 60 heavy (non-hydrogen) atoms. The Balaban J connectivity index is 1.27. The van der Waals surface area contributed by atoms with Crippen LogP contribution in [-0.4, -0.2) is 0 Å². The summed E-state index contributed by atoms with van der Waals surface area (Å²) >= 11 is 0. The summed E-state index contributed by atoms with van der Waals surface area (Å²) in [6.07, 6.45) is 4.70. The molecule has 2 aliphatic carbocycles. The van der Waals surface area contributed by atoms with Crippen LogP contribution in [0.2, 0.25) is 0 Å². The van der Waals surface area contributed by atoms with Crippen LogP contribution in [0.5, 0.6) is 0 Å². The zero-order chi connectivity index (χ0) is 39.9. The number of benzene rings is 9. The molecule has 0 spiro atoms. The van der Waals surface area contributed by atoms with Crippen molar-refractivity contribution in [2.24, 2.45) is 0 Å². The molecular formula is C59H45N. The van der Waals surface area contributed by atoms with Gasteiger partial charge in [0.1, 0.15) is 0 Å². The summed E-state index contributed by atoms with van der Waals surface area (Å²) in [5.74, 6) is 0. The van der Waals surface area contributed by atoms with Crippen molar-refractivity contribution in [1.82, 2.24) is 0 Å². The second-order valence-corrected chi connectivity index (χ2v) is 16.3. The van der Waals surface area contributed by atoms with Crippen LogP contribution in [0.3, 0.4) is 0 Å². The molecule has 0 radical (unpaired) electrons. The first-order chi connectivity index (χ1) is 29.8. The summed E-state index contributed by atoms with van der Waals surface area (Å²) in [7, 11) is 0. The van der Waals surface area contributed by atoms with Gasteiger partial charge in [-0.3, -0.25) is 0 Å². The third kappa shape index (κ3) is 6.00. The van der Waals surface area contributed by atoms with Crippen molar-refractivity contribution >= 4 is 17.1 Å². The third-order valence-electron chi connectivity index (χ3n) is 12.9. The van der Waals surface area contributed by atoms with Crippen LogP contribution in [0.1, 0.15) is 46.2 Å². The van der Waals surface area contributed by atoms with E-state index in [1.54, 1.807) is 0 Å². The summed E-state index contributed by atoms with van der Waals surface area (Å²) in [5, 5.41) is 0. The van der Waals surface area contributed by atoms with Crippen molar-refractivity contribution in [3.05, 3.63) is 258 Å². The first-order valence-corrected chi connectivity index (χ1v) is 21.4. The van der Waals surface area contributed by atoms with Gasteiger partial charge in [0.15, 0.2) is 0 Å². The lowest BCUT2D eigenvalue weighted by Gasteiger charge is -2.35. The van der Waals surface area contributed by atoms with E-state index in [1.165, 1.54) is 90.7 Å². The summed E-state index contributed by atoms with van der Waals surface area (Å²) in [4.78, 5) is 2.50. The molecule has 0 atom stereocenters. The summed E-state index contributed by atoms with van der Waals surface area (Å²) in [5.41, 5.74) is 20.9. The van der Waals surface area contributed by atoms with Gasteiger partial charge >= 0.3 is 0 Å². The fourth-order valence-corrected chi connectivity index (χ4v) is 10.2. The third-order valence-corrected chi connectivity index (χ3v) is 12.9. The predicted octanol–water partition coefficient (Wildman–Crippen LogP) is 15.4. The number of anilines is 3. The average Bonchev–Trinajstić information content (AvgIpc) is 3.62. The van der Waals surface area contributed by atoms with Gasteiger partial charge in [-0.1, -0.05) is 188 Å². The molecule has 9 aromatic rings. The molecule has 0 saturated carbocycles. The van der Waals surface area contributed by atoms with Crippen LogP contribution in [0.4, 0.5) is 17.1 Å². The van der Waals surface area contributed by atoms with Gasteiger partial charge in [0.2, 0.25) is 0 Å². The molecule has 2 aliphatic rings. The minimum absolute atomic E-state index is 0.542. The normalized spacial score (nSPS) is 13.5. The van der Waals surface area contributed by atoms with E-state index in [-0.39, 0.29) is 0 Å². The Morgan fingerprint density at radius 3 is 1.42 bits per heavy atom. The minimum atomic E-state index is -0.542. The smallest absolute Gasteiger partial charge is 0.0714 e. The maximum absolute atomic E-state index is 2.55. The van der Waals surface area contributed by atoms with Gasteiger partial charge in [-0.25, -0.2) is 0 Å². The van der Waals surface area contributed by atoms with E-state index in [9.17, 15) is 0 Å². The van der Waals surface area contributed by atoms with Gasteiger partial charge in [-0.15, -0.1) is 0 Å². The highest BCUT2D eigenvalue weighted by atomic mass is 15.1.